The molecule has 0 aromatic heterocycles. The molecule has 1 rings (SSSR count). The number of aliphatic carboxylic acids is 1. The molecular weight excluding hydrogens is 259 g/mol. The molecule has 0 spiro atoms. The lowest BCUT2D eigenvalue weighted by atomic mass is 10.3. The number of halogens is 1. The van der Waals surface area contributed by atoms with Gasteiger partial charge in [0.15, 0.2) is 6.10 Å². The van der Waals surface area contributed by atoms with E-state index in [0.29, 0.717) is 5.75 Å². The number of carbonyl (C=O) groups excluding carboxylic acids is 1. The Morgan fingerprint density at radius 2 is 2.16 bits per heavy atom. The number of benzene rings is 1. The van der Waals surface area contributed by atoms with Crippen molar-refractivity contribution in [1.82, 2.24) is 5.32 Å². The molecule has 0 heterocycles. The maximum absolute atomic E-state index is 13.4. The first-order chi connectivity index (χ1) is 8.93. The molecule has 7 nitrogen and oxygen atoms in total. The second kappa shape index (κ2) is 6.55. The van der Waals surface area contributed by atoms with E-state index < -0.39 is 30.5 Å². The third-order valence-electron chi connectivity index (χ3n) is 2.16. The van der Waals surface area contributed by atoms with Gasteiger partial charge in [-0.3, -0.25) is 0 Å². The summed E-state index contributed by atoms with van der Waals surface area (Å²) in [5.74, 6) is -1.79. The van der Waals surface area contributed by atoms with Gasteiger partial charge in [-0.15, -0.1) is 0 Å². The number of hydrogen-bond acceptors (Lipinski definition) is 4. The van der Waals surface area contributed by atoms with Crippen molar-refractivity contribution in [2.45, 2.75) is 6.10 Å². The van der Waals surface area contributed by atoms with Crippen LogP contribution in [0.1, 0.15) is 0 Å². The van der Waals surface area contributed by atoms with Crippen LogP contribution in [0.25, 0.3) is 0 Å². The summed E-state index contributed by atoms with van der Waals surface area (Å²) in [4.78, 5) is 21.7. The Hall–Kier alpha value is -2.35. The van der Waals surface area contributed by atoms with Crippen LogP contribution in [0.4, 0.5) is 14.9 Å². The number of rotatable bonds is 5. The number of amides is 2. The smallest absolute Gasteiger partial charge is 0.334 e. The third kappa shape index (κ3) is 4.43. The first kappa shape index (κ1) is 14.7. The Morgan fingerprint density at radius 1 is 1.47 bits per heavy atom. The van der Waals surface area contributed by atoms with Gasteiger partial charge in [0.1, 0.15) is 11.6 Å². The first-order valence-electron chi connectivity index (χ1n) is 5.23. The highest BCUT2D eigenvalue weighted by atomic mass is 19.1. The summed E-state index contributed by atoms with van der Waals surface area (Å²) < 4.78 is 18.2. The molecule has 0 saturated heterocycles. The maximum Gasteiger partial charge on any atom is 0.334 e. The van der Waals surface area contributed by atoms with E-state index in [1.54, 1.807) is 0 Å². The molecule has 1 aromatic rings. The maximum atomic E-state index is 13.4. The van der Waals surface area contributed by atoms with Crippen LogP contribution in [0.2, 0.25) is 0 Å². The lowest BCUT2D eigenvalue weighted by molar-refractivity contribution is -0.146. The molecule has 19 heavy (non-hydrogen) atoms. The average Bonchev–Trinajstić information content (AvgIpc) is 2.38. The minimum Gasteiger partial charge on any atom is -0.497 e. The molecule has 8 heteroatoms. The summed E-state index contributed by atoms with van der Waals surface area (Å²) in [5.41, 5.74) is -0.123. The van der Waals surface area contributed by atoms with Crippen LogP contribution in [0, 0.1) is 5.82 Å². The number of hydrogen-bond donors (Lipinski definition) is 4. The Kier molecular flexibility index (Phi) is 5.07. The molecule has 0 aliphatic rings. The van der Waals surface area contributed by atoms with E-state index >= 15 is 0 Å². The first-order valence-corrected chi connectivity index (χ1v) is 5.23. The molecule has 2 amide bonds. The summed E-state index contributed by atoms with van der Waals surface area (Å²) in [6.45, 7) is -0.493. The van der Waals surface area contributed by atoms with Gasteiger partial charge in [-0.05, 0) is 12.1 Å². The molecule has 104 valence electrons. The van der Waals surface area contributed by atoms with Gasteiger partial charge in [0.2, 0.25) is 0 Å². The molecule has 0 fully saturated rings. The summed E-state index contributed by atoms with van der Waals surface area (Å²) >= 11 is 0. The van der Waals surface area contributed by atoms with Crippen LogP contribution < -0.4 is 15.4 Å². The van der Waals surface area contributed by atoms with Crippen molar-refractivity contribution in [1.29, 1.82) is 0 Å². The van der Waals surface area contributed by atoms with Crippen molar-refractivity contribution < 1.29 is 28.9 Å². The highest BCUT2D eigenvalue weighted by Crippen LogP contribution is 2.20. The number of urea groups is 1. The van der Waals surface area contributed by atoms with Crippen LogP contribution in [0.15, 0.2) is 18.2 Å². The fraction of sp³-hybridized carbons (Fsp3) is 0.273. The third-order valence-corrected chi connectivity index (χ3v) is 2.16. The second-order valence-electron chi connectivity index (χ2n) is 3.53. The normalized spacial score (nSPS) is 11.5. The Labute approximate surface area is 108 Å². The predicted molar refractivity (Wildman–Crippen MR) is 63.6 cm³/mol. The van der Waals surface area contributed by atoms with Crippen molar-refractivity contribution in [3.05, 3.63) is 24.0 Å². The Morgan fingerprint density at radius 3 is 2.74 bits per heavy atom. The van der Waals surface area contributed by atoms with Crippen molar-refractivity contribution in [3.63, 3.8) is 0 Å². The van der Waals surface area contributed by atoms with E-state index in [9.17, 15) is 14.0 Å². The topological polar surface area (TPSA) is 108 Å². The standard InChI is InChI=1S/C11H13FN2O5/c1-19-6-2-3-7(12)8(4-6)14-11(18)13-5-9(15)10(16)17/h2-4,9,15H,5H2,1H3,(H,16,17)(H2,13,14,18)/t9-/m0/s1. The van der Waals surface area contributed by atoms with Crippen LogP contribution >= 0.6 is 0 Å². The quantitative estimate of drug-likeness (QED) is 0.620. The molecule has 4 N–H and O–H groups in total. The minimum absolute atomic E-state index is 0.123. The molecule has 1 atom stereocenters. The number of carboxylic acid groups (broad SMARTS) is 1. The van der Waals surface area contributed by atoms with Gasteiger partial charge >= 0.3 is 12.0 Å². The van der Waals surface area contributed by atoms with Crippen LogP contribution in [0.5, 0.6) is 5.75 Å². The van der Waals surface area contributed by atoms with Crippen LogP contribution in [-0.4, -0.2) is 42.0 Å². The Balaban J connectivity index is 2.59. The van der Waals surface area contributed by atoms with E-state index in [0.717, 1.165) is 6.07 Å². The largest absolute Gasteiger partial charge is 0.497 e. The van der Waals surface area contributed by atoms with Gasteiger partial charge in [-0.25, -0.2) is 14.0 Å². The summed E-state index contributed by atoms with van der Waals surface area (Å²) in [6.07, 6.45) is -1.72. The number of ether oxygens (including phenoxy) is 1. The van der Waals surface area contributed by atoms with Crippen LogP contribution in [0.3, 0.4) is 0 Å². The molecule has 0 radical (unpaired) electrons. The molecule has 0 unspecified atom stereocenters. The van der Waals surface area contributed by atoms with E-state index in [2.05, 4.69) is 10.6 Å². The molecule has 0 aliphatic carbocycles. The van der Waals surface area contributed by atoms with Gasteiger partial charge in [-0.2, -0.15) is 0 Å². The van der Waals surface area contributed by atoms with Gasteiger partial charge < -0.3 is 25.6 Å². The molecular formula is C11H13FN2O5. The van der Waals surface area contributed by atoms with Gasteiger partial charge in [0.05, 0.1) is 19.3 Å². The zero-order chi connectivity index (χ0) is 14.4. The SMILES string of the molecule is COc1ccc(F)c(NC(=O)NC[C@H](O)C(=O)O)c1. The lowest BCUT2D eigenvalue weighted by Crippen LogP contribution is -2.38. The molecule has 0 saturated carbocycles. The number of aliphatic hydroxyl groups is 1. The monoisotopic (exact) mass is 272 g/mol. The highest BCUT2D eigenvalue weighted by Gasteiger charge is 2.14. The number of anilines is 1. The van der Waals surface area contributed by atoms with E-state index in [1.807, 2.05) is 0 Å². The van der Waals surface area contributed by atoms with E-state index in [-0.39, 0.29) is 5.69 Å². The van der Waals surface area contributed by atoms with E-state index in [4.69, 9.17) is 14.9 Å². The zero-order valence-electron chi connectivity index (χ0n) is 10.0. The van der Waals surface area contributed by atoms with Crippen molar-refractivity contribution in [2.24, 2.45) is 0 Å². The summed E-state index contributed by atoms with van der Waals surface area (Å²) in [6, 6.07) is 2.92. The van der Waals surface area contributed by atoms with Gasteiger partial charge in [0, 0.05) is 6.07 Å². The summed E-state index contributed by atoms with van der Waals surface area (Å²) in [7, 11) is 1.39. The number of carboxylic acids is 1. The number of carbonyl (C=O) groups is 2. The second-order valence-corrected chi connectivity index (χ2v) is 3.53. The van der Waals surface area contributed by atoms with Gasteiger partial charge in [0.25, 0.3) is 0 Å². The number of nitrogens with one attached hydrogen (secondary N) is 2. The minimum atomic E-state index is -1.72. The average molecular weight is 272 g/mol. The highest BCUT2D eigenvalue weighted by molar-refractivity contribution is 5.90. The zero-order valence-corrected chi connectivity index (χ0v) is 10.0. The number of aliphatic hydroxyl groups excluding tert-OH is 1. The summed E-state index contributed by atoms with van der Waals surface area (Å²) in [5, 5.41) is 21.6. The van der Waals surface area contributed by atoms with E-state index in [1.165, 1.54) is 19.2 Å². The molecule has 0 bridgehead atoms. The fourth-order valence-corrected chi connectivity index (χ4v) is 1.17. The van der Waals surface area contributed by atoms with Gasteiger partial charge in [-0.1, -0.05) is 0 Å². The predicted octanol–water partition coefficient (Wildman–Crippen LogP) is 0.401. The molecule has 1 aromatic carbocycles. The van der Waals surface area contributed by atoms with Crippen molar-refractivity contribution in [2.75, 3.05) is 19.0 Å². The van der Waals surface area contributed by atoms with Crippen LogP contribution in [-0.2, 0) is 4.79 Å². The fourth-order valence-electron chi connectivity index (χ4n) is 1.17. The molecule has 0 aliphatic heterocycles. The van der Waals surface area contributed by atoms with Crippen molar-refractivity contribution in [3.8, 4) is 5.75 Å². The van der Waals surface area contributed by atoms with Crippen molar-refractivity contribution >= 4 is 17.7 Å². The lowest BCUT2D eigenvalue weighted by Gasteiger charge is -2.10. The number of methoxy groups -OCH3 is 1. The Bertz CT molecular complexity index is 480.